The Hall–Kier alpha value is -2.64. The molecule has 2 aromatic carbocycles. The molecule has 6 nitrogen and oxygen atoms in total. The van der Waals surface area contributed by atoms with Crippen molar-refractivity contribution in [1.82, 2.24) is 9.21 Å². The number of hydrogen-bond donors (Lipinski definition) is 0. The van der Waals surface area contributed by atoms with Crippen molar-refractivity contribution >= 4 is 22.0 Å². The highest BCUT2D eigenvalue weighted by atomic mass is 32.2. The minimum atomic E-state index is -3.52. The van der Waals surface area contributed by atoms with E-state index >= 15 is 0 Å². The number of benzene rings is 2. The van der Waals surface area contributed by atoms with Crippen molar-refractivity contribution in [3.63, 3.8) is 0 Å². The maximum atomic E-state index is 12.7. The number of carbonyl (C=O) groups is 1. The molecular formula is C22H26N2O4S. The molecule has 1 aliphatic rings. The Kier molecular flexibility index (Phi) is 6.71. The SMILES string of the molecule is Cc1cccc(O[C@H](C)C(=O)N2CCN(S(=O)(=O)/C=C/c3ccccc3)CC2)c1. The van der Waals surface area contributed by atoms with Gasteiger partial charge in [0.25, 0.3) is 5.91 Å². The molecule has 3 rings (SSSR count). The lowest BCUT2D eigenvalue weighted by Gasteiger charge is -2.34. The minimum absolute atomic E-state index is 0.136. The van der Waals surface area contributed by atoms with Crippen LogP contribution in [0.4, 0.5) is 0 Å². The van der Waals surface area contributed by atoms with Gasteiger partial charge in [-0.3, -0.25) is 4.79 Å². The van der Waals surface area contributed by atoms with Gasteiger partial charge in [0.2, 0.25) is 10.0 Å². The summed E-state index contributed by atoms with van der Waals surface area (Å²) in [4.78, 5) is 14.3. The summed E-state index contributed by atoms with van der Waals surface area (Å²) in [5.41, 5.74) is 1.89. The number of rotatable bonds is 6. The summed E-state index contributed by atoms with van der Waals surface area (Å²) in [6.07, 6.45) is 0.961. The van der Waals surface area contributed by atoms with Gasteiger partial charge in [0.05, 0.1) is 0 Å². The van der Waals surface area contributed by atoms with E-state index in [-0.39, 0.29) is 19.0 Å². The minimum Gasteiger partial charge on any atom is -0.481 e. The average Bonchev–Trinajstić information content (AvgIpc) is 2.72. The zero-order chi connectivity index (χ0) is 20.9. The Morgan fingerprint density at radius 1 is 1.03 bits per heavy atom. The van der Waals surface area contributed by atoms with Crippen LogP contribution in [-0.2, 0) is 14.8 Å². The molecule has 1 heterocycles. The smallest absolute Gasteiger partial charge is 0.263 e. The second-order valence-electron chi connectivity index (χ2n) is 7.06. The van der Waals surface area contributed by atoms with E-state index in [4.69, 9.17) is 4.74 Å². The van der Waals surface area contributed by atoms with Crippen LogP contribution in [0.1, 0.15) is 18.1 Å². The molecule has 7 heteroatoms. The molecule has 0 radical (unpaired) electrons. The monoisotopic (exact) mass is 414 g/mol. The molecule has 0 N–H and O–H groups in total. The van der Waals surface area contributed by atoms with Gasteiger partial charge in [0.15, 0.2) is 6.10 Å². The molecule has 0 aliphatic carbocycles. The summed E-state index contributed by atoms with van der Waals surface area (Å²) in [6, 6.07) is 16.8. The molecular weight excluding hydrogens is 388 g/mol. The third-order valence-corrected chi connectivity index (χ3v) is 6.36. The van der Waals surface area contributed by atoms with Gasteiger partial charge >= 0.3 is 0 Å². The predicted octanol–water partition coefficient (Wildman–Crippen LogP) is 2.91. The Morgan fingerprint density at radius 2 is 1.72 bits per heavy atom. The lowest BCUT2D eigenvalue weighted by molar-refractivity contribution is -0.139. The first-order valence-corrected chi connectivity index (χ1v) is 11.1. The van der Waals surface area contributed by atoms with E-state index < -0.39 is 16.1 Å². The molecule has 0 aromatic heterocycles. The predicted molar refractivity (Wildman–Crippen MR) is 114 cm³/mol. The molecule has 0 bridgehead atoms. The standard InChI is InChI=1S/C22H26N2O4S/c1-18-7-6-10-21(17-18)28-19(2)22(25)23-12-14-24(15-13-23)29(26,27)16-11-20-8-4-3-5-9-20/h3-11,16-17,19H,12-15H2,1-2H3/b16-11+/t19-/m1/s1. The molecule has 0 spiro atoms. The normalized spacial score (nSPS) is 16.7. The lowest BCUT2D eigenvalue weighted by Crippen LogP contribution is -2.52. The highest BCUT2D eigenvalue weighted by molar-refractivity contribution is 7.92. The van der Waals surface area contributed by atoms with E-state index in [9.17, 15) is 13.2 Å². The number of sulfonamides is 1. The Balaban J connectivity index is 1.55. The van der Waals surface area contributed by atoms with Crippen LogP contribution in [-0.4, -0.2) is 55.8 Å². The van der Waals surface area contributed by atoms with Crippen molar-refractivity contribution in [2.45, 2.75) is 20.0 Å². The van der Waals surface area contributed by atoms with Crippen LogP contribution in [0.5, 0.6) is 5.75 Å². The fraction of sp³-hybridized carbons (Fsp3) is 0.318. The molecule has 1 aliphatic heterocycles. The van der Waals surface area contributed by atoms with Gasteiger partial charge in [-0.05, 0) is 43.2 Å². The summed E-state index contributed by atoms with van der Waals surface area (Å²) in [7, 11) is -3.52. The lowest BCUT2D eigenvalue weighted by atomic mass is 10.2. The van der Waals surface area contributed by atoms with E-state index in [0.29, 0.717) is 18.8 Å². The molecule has 0 saturated carbocycles. The Morgan fingerprint density at radius 3 is 2.38 bits per heavy atom. The number of carbonyl (C=O) groups excluding carboxylic acids is 1. The van der Waals surface area contributed by atoms with Gasteiger partial charge < -0.3 is 9.64 Å². The van der Waals surface area contributed by atoms with Gasteiger partial charge in [-0.15, -0.1) is 0 Å². The number of aryl methyl sites for hydroxylation is 1. The summed E-state index contributed by atoms with van der Waals surface area (Å²) in [5.74, 6) is 0.515. The summed E-state index contributed by atoms with van der Waals surface area (Å²) < 4.78 is 32.3. The van der Waals surface area contributed by atoms with E-state index in [1.807, 2.05) is 61.5 Å². The van der Waals surface area contributed by atoms with Crippen LogP contribution >= 0.6 is 0 Å². The number of amides is 1. The number of piperazine rings is 1. The zero-order valence-electron chi connectivity index (χ0n) is 16.7. The molecule has 1 amide bonds. The first kappa shape index (κ1) is 21.1. The maximum absolute atomic E-state index is 12.7. The van der Waals surface area contributed by atoms with Gasteiger partial charge in [-0.2, -0.15) is 4.31 Å². The van der Waals surface area contributed by atoms with Crippen LogP contribution in [0.25, 0.3) is 6.08 Å². The van der Waals surface area contributed by atoms with E-state index in [2.05, 4.69) is 0 Å². The van der Waals surface area contributed by atoms with Crippen LogP contribution in [0.15, 0.2) is 60.0 Å². The van der Waals surface area contributed by atoms with Gasteiger partial charge in [0.1, 0.15) is 5.75 Å². The zero-order valence-corrected chi connectivity index (χ0v) is 17.5. The maximum Gasteiger partial charge on any atom is 0.263 e. The van der Waals surface area contributed by atoms with Gasteiger partial charge in [-0.1, -0.05) is 42.5 Å². The van der Waals surface area contributed by atoms with Crippen LogP contribution in [0.2, 0.25) is 0 Å². The second kappa shape index (κ2) is 9.24. The first-order chi connectivity index (χ1) is 13.8. The third-order valence-electron chi connectivity index (χ3n) is 4.79. The molecule has 0 unspecified atom stereocenters. The van der Waals surface area contributed by atoms with Crippen molar-refractivity contribution in [2.75, 3.05) is 26.2 Å². The van der Waals surface area contributed by atoms with Crippen LogP contribution in [0.3, 0.4) is 0 Å². The average molecular weight is 415 g/mol. The molecule has 1 saturated heterocycles. The first-order valence-electron chi connectivity index (χ1n) is 9.60. The van der Waals surface area contributed by atoms with Crippen molar-refractivity contribution in [3.8, 4) is 5.75 Å². The highest BCUT2D eigenvalue weighted by Gasteiger charge is 2.30. The van der Waals surface area contributed by atoms with Crippen molar-refractivity contribution in [2.24, 2.45) is 0 Å². The quantitative estimate of drug-likeness (QED) is 0.729. The summed E-state index contributed by atoms with van der Waals surface area (Å²) in [6.45, 7) is 4.91. The molecule has 1 fully saturated rings. The van der Waals surface area contributed by atoms with Crippen LogP contribution in [0, 0.1) is 6.92 Å². The van der Waals surface area contributed by atoms with Crippen molar-refractivity contribution in [3.05, 3.63) is 71.1 Å². The van der Waals surface area contributed by atoms with Gasteiger partial charge in [-0.25, -0.2) is 8.42 Å². The molecule has 1 atom stereocenters. The van der Waals surface area contributed by atoms with Crippen LogP contribution < -0.4 is 4.74 Å². The number of hydrogen-bond acceptors (Lipinski definition) is 4. The second-order valence-corrected chi connectivity index (χ2v) is 8.88. The molecule has 2 aromatic rings. The summed E-state index contributed by atoms with van der Waals surface area (Å²) >= 11 is 0. The van der Waals surface area contributed by atoms with E-state index in [1.165, 1.54) is 9.71 Å². The van der Waals surface area contributed by atoms with Gasteiger partial charge in [0, 0.05) is 31.6 Å². The number of ether oxygens (including phenoxy) is 1. The molecule has 154 valence electrons. The van der Waals surface area contributed by atoms with E-state index in [1.54, 1.807) is 17.9 Å². The Bertz CT molecular complexity index is 965. The third kappa shape index (κ3) is 5.68. The molecule has 29 heavy (non-hydrogen) atoms. The van der Waals surface area contributed by atoms with Crippen molar-refractivity contribution < 1.29 is 17.9 Å². The largest absolute Gasteiger partial charge is 0.481 e. The fourth-order valence-corrected chi connectivity index (χ4v) is 4.35. The fourth-order valence-electron chi connectivity index (χ4n) is 3.18. The topological polar surface area (TPSA) is 66.9 Å². The van der Waals surface area contributed by atoms with E-state index in [0.717, 1.165) is 11.1 Å². The highest BCUT2D eigenvalue weighted by Crippen LogP contribution is 2.17. The summed E-state index contributed by atoms with van der Waals surface area (Å²) in [5, 5.41) is 1.23. The van der Waals surface area contributed by atoms with Crippen molar-refractivity contribution in [1.29, 1.82) is 0 Å². The number of nitrogens with zero attached hydrogens (tertiary/aromatic N) is 2. The Labute approximate surface area is 172 Å².